The Hall–Kier alpha value is -2.52. The number of aryl methyl sites for hydroxylation is 1. The van der Waals surface area contributed by atoms with Crippen LogP contribution in [0.25, 0.3) is 11.4 Å². The molecule has 9 nitrogen and oxygen atoms in total. The number of carbonyl (C=O) groups excluding carboxylic acids is 1. The van der Waals surface area contributed by atoms with Crippen molar-refractivity contribution in [1.82, 2.24) is 24.8 Å². The second kappa shape index (κ2) is 9.61. The summed E-state index contributed by atoms with van der Waals surface area (Å²) in [4.78, 5) is 25.4. The molecule has 2 aromatic rings. The summed E-state index contributed by atoms with van der Waals surface area (Å²) in [5, 5.41) is 3.04. The lowest BCUT2D eigenvalue weighted by Gasteiger charge is -2.29. The van der Waals surface area contributed by atoms with E-state index in [0.717, 1.165) is 31.4 Å². The van der Waals surface area contributed by atoms with Crippen molar-refractivity contribution in [3.05, 3.63) is 24.4 Å². The molecule has 1 aliphatic rings. The third-order valence-electron chi connectivity index (χ3n) is 4.84. The highest BCUT2D eigenvalue weighted by Crippen LogP contribution is 2.23. The predicted molar refractivity (Wildman–Crippen MR) is 102 cm³/mol. The van der Waals surface area contributed by atoms with E-state index >= 15 is 0 Å². The molecule has 9 heteroatoms. The maximum atomic E-state index is 12.7. The van der Waals surface area contributed by atoms with E-state index in [0.29, 0.717) is 24.8 Å². The highest BCUT2D eigenvalue weighted by molar-refractivity contribution is 5.91. The number of aromatic nitrogens is 4. The molecule has 0 atom stereocenters. The second-order valence-corrected chi connectivity index (χ2v) is 6.82. The molecule has 2 heterocycles. The van der Waals surface area contributed by atoms with Crippen molar-refractivity contribution < 1.29 is 19.0 Å². The van der Waals surface area contributed by atoms with Crippen molar-refractivity contribution in [1.29, 1.82) is 0 Å². The van der Waals surface area contributed by atoms with Gasteiger partial charge in [0, 0.05) is 26.3 Å². The molecular formula is C19H27N5O4. The number of hydrogen-bond acceptors (Lipinski definition) is 7. The molecule has 3 rings (SSSR count). The van der Waals surface area contributed by atoms with Crippen molar-refractivity contribution >= 4 is 5.91 Å². The molecule has 0 aromatic carbocycles. The summed E-state index contributed by atoms with van der Waals surface area (Å²) in [5.41, 5.74) is 1.37. The highest BCUT2D eigenvalue weighted by Gasteiger charge is 2.24. The molecule has 0 spiro atoms. The SMILES string of the molecule is COCCO[C@H]1CC[C@H](NC(=O)c2nc(OC)cc(-c3cncn3C)n2)CC1. The molecule has 1 amide bonds. The second-order valence-electron chi connectivity index (χ2n) is 6.82. The normalized spacial score (nSPS) is 19.4. The molecule has 1 N–H and O–H groups in total. The van der Waals surface area contributed by atoms with Gasteiger partial charge in [-0.15, -0.1) is 0 Å². The number of amides is 1. The lowest BCUT2D eigenvalue weighted by atomic mass is 9.93. The smallest absolute Gasteiger partial charge is 0.289 e. The summed E-state index contributed by atoms with van der Waals surface area (Å²) < 4.78 is 17.9. The van der Waals surface area contributed by atoms with Gasteiger partial charge in [0.25, 0.3) is 5.91 Å². The van der Waals surface area contributed by atoms with Crippen LogP contribution in [0.4, 0.5) is 0 Å². The number of hydrogen-bond donors (Lipinski definition) is 1. The Morgan fingerprint density at radius 2 is 2.00 bits per heavy atom. The van der Waals surface area contributed by atoms with Gasteiger partial charge in [0.05, 0.1) is 50.3 Å². The topological polar surface area (TPSA) is 100 Å². The van der Waals surface area contributed by atoms with Crippen molar-refractivity contribution in [2.24, 2.45) is 7.05 Å². The van der Waals surface area contributed by atoms with Gasteiger partial charge in [-0.25, -0.2) is 9.97 Å². The average molecular weight is 389 g/mol. The van der Waals surface area contributed by atoms with Crippen LogP contribution in [0.1, 0.15) is 36.3 Å². The van der Waals surface area contributed by atoms with Gasteiger partial charge in [-0.1, -0.05) is 0 Å². The summed E-state index contributed by atoms with van der Waals surface area (Å²) in [6, 6.07) is 1.78. The number of ether oxygens (including phenoxy) is 3. The molecule has 152 valence electrons. The molecule has 28 heavy (non-hydrogen) atoms. The van der Waals surface area contributed by atoms with Gasteiger partial charge in [-0.3, -0.25) is 4.79 Å². The van der Waals surface area contributed by atoms with Crippen LogP contribution >= 0.6 is 0 Å². The molecule has 0 aliphatic heterocycles. The molecular weight excluding hydrogens is 362 g/mol. The molecule has 0 bridgehead atoms. The fraction of sp³-hybridized carbons (Fsp3) is 0.579. The zero-order valence-corrected chi connectivity index (χ0v) is 16.6. The van der Waals surface area contributed by atoms with E-state index in [2.05, 4.69) is 20.3 Å². The molecule has 0 saturated heterocycles. The van der Waals surface area contributed by atoms with Crippen LogP contribution in [-0.2, 0) is 16.5 Å². The minimum absolute atomic E-state index is 0.0877. The Balaban J connectivity index is 1.62. The minimum atomic E-state index is -0.300. The number of imidazole rings is 1. The van der Waals surface area contributed by atoms with Gasteiger partial charge in [0.1, 0.15) is 0 Å². The average Bonchev–Trinajstić information content (AvgIpc) is 3.15. The minimum Gasteiger partial charge on any atom is -0.481 e. The zero-order chi connectivity index (χ0) is 19.9. The molecule has 0 unspecified atom stereocenters. The van der Waals surface area contributed by atoms with E-state index in [4.69, 9.17) is 14.2 Å². The molecule has 1 aliphatic carbocycles. The fourth-order valence-corrected chi connectivity index (χ4v) is 3.29. The Bertz CT molecular complexity index is 786. The van der Waals surface area contributed by atoms with Crippen LogP contribution in [0.2, 0.25) is 0 Å². The Morgan fingerprint density at radius 3 is 2.64 bits per heavy atom. The summed E-state index contributed by atoms with van der Waals surface area (Å²) >= 11 is 0. The van der Waals surface area contributed by atoms with E-state index in [9.17, 15) is 4.79 Å². The van der Waals surface area contributed by atoms with Gasteiger partial charge < -0.3 is 24.1 Å². The quantitative estimate of drug-likeness (QED) is 0.684. The Morgan fingerprint density at radius 1 is 1.21 bits per heavy atom. The summed E-state index contributed by atoms with van der Waals surface area (Å²) in [6.45, 7) is 1.20. The first-order valence-electron chi connectivity index (χ1n) is 9.42. The summed E-state index contributed by atoms with van der Waals surface area (Å²) in [6.07, 6.45) is 7.14. The van der Waals surface area contributed by atoms with Crippen LogP contribution in [0.3, 0.4) is 0 Å². The number of methoxy groups -OCH3 is 2. The van der Waals surface area contributed by atoms with Gasteiger partial charge in [-0.2, -0.15) is 4.98 Å². The van der Waals surface area contributed by atoms with Crippen LogP contribution < -0.4 is 10.1 Å². The first kappa shape index (κ1) is 20.2. The van der Waals surface area contributed by atoms with E-state index in [1.165, 1.54) is 7.11 Å². The fourth-order valence-electron chi connectivity index (χ4n) is 3.29. The first-order valence-corrected chi connectivity index (χ1v) is 9.42. The third-order valence-corrected chi connectivity index (χ3v) is 4.84. The molecule has 0 radical (unpaired) electrons. The molecule has 1 fully saturated rings. The van der Waals surface area contributed by atoms with Gasteiger partial charge in [-0.05, 0) is 25.7 Å². The monoisotopic (exact) mass is 389 g/mol. The Labute approximate surface area is 164 Å². The maximum absolute atomic E-state index is 12.7. The van der Waals surface area contributed by atoms with Gasteiger partial charge >= 0.3 is 0 Å². The zero-order valence-electron chi connectivity index (χ0n) is 16.6. The van der Waals surface area contributed by atoms with E-state index in [-0.39, 0.29) is 23.9 Å². The van der Waals surface area contributed by atoms with E-state index in [1.54, 1.807) is 25.7 Å². The number of nitrogens with zero attached hydrogens (tertiary/aromatic N) is 4. The van der Waals surface area contributed by atoms with E-state index in [1.807, 2.05) is 11.6 Å². The van der Waals surface area contributed by atoms with Gasteiger partial charge in [0.15, 0.2) is 0 Å². The number of rotatable bonds is 8. The van der Waals surface area contributed by atoms with Crippen LogP contribution in [-0.4, -0.2) is 65.0 Å². The third kappa shape index (κ3) is 5.05. The summed E-state index contributed by atoms with van der Waals surface area (Å²) in [5.74, 6) is 0.131. The van der Waals surface area contributed by atoms with Crippen LogP contribution in [0.5, 0.6) is 5.88 Å². The van der Waals surface area contributed by atoms with Crippen molar-refractivity contribution in [2.75, 3.05) is 27.4 Å². The maximum Gasteiger partial charge on any atom is 0.289 e. The molecule has 2 aromatic heterocycles. The lowest BCUT2D eigenvalue weighted by molar-refractivity contribution is -0.00410. The number of carbonyl (C=O) groups is 1. The van der Waals surface area contributed by atoms with Crippen LogP contribution in [0, 0.1) is 0 Å². The largest absolute Gasteiger partial charge is 0.481 e. The van der Waals surface area contributed by atoms with Gasteiger partial charge in [0.2, 0.25) is 11.7 Å². The van der Waals surface area contributed by atoms with Crippen molar-refractivity contribution in [3.8, 4) is 17.3 Å². The molecule has 1 saturated carbocycles. The van der Waals surface area contributed by atoms with Crippen molar-refractivity contribution in [3.63, 3.8) is 0 Å². The highest BCUT2D eigenvalue weighted by atomic mass is 16.5. The summed E-state index contributed by atoms with van der Waals surface area (Å²) in [7, 11) is 5.04. The first-order chi connectivity index (χ1) is 13.6. The van der Waals surface area contributed by atoms with Crippen molar-refractivity contribution in [2.45, 2.75) is 37.8 Å². The predicted octanol–water partition coefficient (Wildman–Crippen LogP) is 1.59. The standard InChI is InChI=1S/C19H27N5O4/c1-24-12-20-11-16(24)15-10-17(27-3)23-18(22-15)19(25)21-13-4-6-14(7-5-13)28-9-8-26-2/h10-14H,4-9H2,1-3H3,(H,21,25)/t13-,14-. The Kier molecular flexibility index (Phi) is 6.94. The van der Waals surface area contributed by atoms with Crippen LogP contribution in [0.15, 0.2) is 18.6 Å². The lowest BCUT2D eigenvalue weighted by Crippen LogP contribution is -2.40. The number of nitrogens with one attached hydrogen (secondary N) is 1. The van der Waals surface area contributed by atoms with E-state index < -0.39 is 0 Å².